The Kier molecular flexibility index (Phi) is 5.38. The fourth-order valence-electron chi connectivity index (χ4n) is 2.39. The minimum Gasteiger partial charge on any atom is -0.397 e. The smallest absolute Gasteiger partial charge is 0.238 e. The van der Waals surface area contributed by atoms with Gasteiger partial charge in [-0.05, 0) is 31.5 Å². The van der Waals surface area contributed by atoms with Gasteiger partial charge in [0.1, 0.15) is 0 Å². The van der Waals surface area contributed by atoms with E-state index in [2.05, 4.69) is 17.1 Å². The molecule has 1 unspecified atom stereocenters. The van der Waals surface area contributed by atoms with E-state index in [1.54, 1.807) is 6.07 Å². The summed E-state index contributed by atoms with van der Waals surface area (Å²) in [5.74, 6) is -0.0391. The Morgan fingerprint density at radius 3 is 2.95 bits per heavy atom. The van der Waals surface area contributed by atoms with E-state index >= 15 is 0 Å². The number of nitrogens with zero attached hydrogens (tertiary/aromatic N) is 1. The maximum absolute atomic E-state index is 12.1. The molecule has 1 heterocycles. The number of nitrogens with one attached hydrogen (secondary N) is 1. The molecule has 1 aliphatic heterocycles. The standard InChI is InChI=1S/C15H23N3O2/c1-2-18(10-12-6-5-9-20-12)11-15(19)17-14-8-4-3-7-13(14)16/h3-4,7-8,12H,2,5-6,9-11,16H2,1H3,(H,17,19). The highest BCUT2D eigenvalue weighted by molar-refractivity contribution is 5.95. The van der Waals surface area contributed by atoms with Crippen molar-refractivity contribution in [2.24, 2.45) is 0 Å². The maximum Gasteiger partial charge on any atom is 0.238 e. The number of nitrogen functional groups attached to an aromatic ring is 1. The molecule has 3 N–H and O–H groups in total. The van der Waals surface area contributed by atoms with E-state index < -0.39 is 0 Å². The minimum atomic E-state index is -0.0391. The number of amides is 1. The van der Waals surface area contributed by atoms with Crippen LogP contribution in [0.25, 0.3) is 0 Å². The number of carbonyl (C=O) groups is 1. The summed E-state index contributed by atoms with van der Waals surface area (Å²) in [5.41, 5.74) is 7.07. The first-order chi connectivity index (χ1) is 9.69. The molecule has 1 amide bonds. The summed E-state index contributed by atoms with van der Waals surface area (Å²) in [7, 11) is 0. The Hall–Kier alpha value is -1.59. The second-order valence-electron chi connectivity index (χ2n) is 5.10. The van der Waals surface area contributed by atoms with Crippen LogP contribution in [0, 0.1) is 0 Å². The van der Waals surface area contributed by atoms with Gasteiger partial charge in [0.15, 0.2) is 0 Å². The molecule has 1 aliphatic rings. The number of hydrogen-bond donors (Lipinski definition) is 2. The van der Waals surface area contributed by atoms with Crippen molar-refractivity contribution in [1.29, 1.82) is 0 Å². The van der Waals surface area contributed by atoms with Crippen molar-refractivity contribution < 1.29 is 9.53 Å². The summed E-state index contributed by atoms with van der Waals surface area (Å²) >= 11 is 0. The van der Waals surface area contributed by atoms with E-state index in [9.17, 15) is 4.79 Å². The van der Waals surface area contributed by atoms with Gasteiger partial charge in [-0.1, -0.05) is 19.1 Å². The van der Waals surface area contributed by atoms with Crippen molar-refractivity contribution >= 4 is 17.3 Å². The van der Waals surface area contributed by atoms with Crippen LogP contribution in [-0.2, 0) is 9.53 Å². The molecule has 1 aromatic rings. The molecule has 1 saturated heterocycles. The number of rotatable bonds is 6. The minimum absolute atomic E-state index is 0.0391. The van der Waals surface area contributed by atoms with Gasteiger partial charge in [0, 0.05) is 13.2 Å². The van der Waals surface area contributed by atoms with E-state index in [0.29, 0.717) is 17.9 Å². The highest BCUT2D eigenvalue weighted by Crippen LogP contribution is 2.17. The normalized spacial score (nSPS) is 18.4. The first kappa shape index (κ1) is 14.8. The van der Waals surface area contributed by atoms with Crippen molar-refractivity contribution in [2.45, 2.75) is 25.9 Å². The molecule has 5 nitrogen and oxygen atoms in total. The molecule has 1 fully saturated rings. The van der Waals surface area contributed by atoms with Crippen molar-refractivity contribution in [2.75, 3.05) is 37.3 Å². The SMILES string of the molecule is CCN(CC(=O)Nc1ccccc1N)CC1CCCO1. The molecular formula is C15H23N3O2. The highest BCUT2D eigenvalue weighted by Gasteiger charge is 2.20. The Bertz CT molecular complexity index is 444. The molecule has 0 radical (unpaired) electrons. The molecule has 0 saturated carbocycles. The Morgan fingerprint density at radius 2 is 2.30 bits per heavy atom. The van der Waals surface area contributed by atoms with Gasteiger partial charge in [-0.15, -0.1) is 0 Å². The summed E-state index contributed by atoms with van der Waals surface area (Å²) in [5, 5.41) is 2.85. The van der Waals surface area contributed by atoms with Crippen LogP contribution in [-0.4, -0.2) is 43.2 Å². The van der Waals surface area contributed by atoms with Gasteiger partial charge in [0.2, 0.25) is 5.91 Å². The molecular weight excluding hydrogens is 254 g/mol. The molecule has 1 atom stereocenters. The van der Waals surface area contributed by atoms with E-state index in [-0.39, 0.29) is 12.0 Å². The van der Waals surface area contributed by atoms with Gasteiger partial charge in [-0.25, -0.2) is 0 Å². The quantitative estimate of drug-likeness (QED) is 0.777. The molecule has 0 aliphatic carbocycles. The zero-order chi connectivity index (χ0) is 14.4. The van der Waals surface area contributed by atoms with E-state index in [4.69, 9.17) is 10.5 Å². The summed E-state index contributed by atoms with van der Waals surface area (Å²) in [4.78, 5) is 14.2. The number of ether oxygens (including phenoxy) is 1. The van der Waals surface area contributed by atoms with Gasteiger partial charge in [-0.2, -0.15) is 0 Å². The lowest BCUT2D eigenvalue weighted by Crippen LogP contribution is -2.38. The second kappa shape index (κ2) is 7.26. The third kappa shape index (κ3) is 4.21. The van der Waals surface area contributed by atoms with Crippen LogP contribution in [0.1, 0.15) is 19.8 Å². The molecule has 0 aromatic heterocycles. The molecule has 5 heteroatoms. The fraction of sp³-hybridized carbons (Fsp3) is 0.533. The monoisotopic (exact) mass is 277 g/mol. The molecule has 110 valence electrons. The lowest BCUT2D eigenvalue weighted by atomic mass is 10.2. The third-order valence-corrected chi connectivity index (χ3v) is 3.54. The van der Waals surface area contributed by atoms with Crippen LogP contribution in [0.15, 0.2) is 24.3 Å². The van der Waals surface area contributed by atoms with Crippen molar-refractivity contribution in [3.8, 4) is 0 Å². The van der Waals surface area contributed by atoms with Crippen LogP contribution in [0.4, 0.5) is 11.4 Å². The Labute approximate surface area is 120 Å². The third-order valence-electron chi connectivity index (χ3n) is 3.54. The summed E-state index contributed by atoms with van der Waals surface area (Å²) in [6, 6.07) is 7.29. The first-order valence-corrected chi connectivity index (χ1v) is 7.17. The van der Waals surface area contributed by atoms with E-state index in [0.717, 1.165) is 32.5 Å². The molecule has 20 heavy (non-hydrogen) atoms. The van der Waals surface area contributed by atoms with Crippen molar-refractivity contribution in [3.05, 3.63) is 24.3 Å². The predicted octanol–water partition coefficient (Wildman–Crippen LogP) is 1.71. The average Bonchev–Trinajstić information content (AvgIpc) is 2.93. The Morgan fingerprint density at radius 1 is 1.50 bits per heavy atom. The number of carbonyl (C=O) groups excluding carboxylic acids is 1. The Balaban J connectivity index is 1.84. The summed E-state index contributed by atoms with van der Waals surface area (Å²) in [6.45, 7) is 4.91. The highest BCUT2D eigenvalue weighted by atomic mass is 16.5. The number of likely N-dealkylation sites (N-methyl/N-ethyl adjacent to an activating group) is 1. The number of nitrogens with two attached hydrogens (primary N) is 1. The van der Waals surface area contributed by atoms with E-state index in [1.807, 2.05) is 18.2 Å². The van der Waals surface area contributed by atoms with Crippen LogP contribution < -0.4 is 11.1 Å². The van der Waals surface area contributed by atoms with Gasteiger partial charge < -0.3 is 15.8 Å². The fourth-order valence-corrected chi connectivity index (χ4v) is 2.39. The zero-order valence-electron chi connectivity index (χ0n) is 12.0. The lowest BCUT2D eigenvalue weighted by molar-refractivity contribution is -0.117. The predicted molar refractivity (Wildman–Crippen MR) is 80.6 cm³/mol. The number of hydrogen-bond acceptors (Lipinski definition) is 4. The molecule has 1 aromatic carbocycles. The topological polar surface area (TPSA) is 67.6 Å². The zero-order valence-corrected chi connectivity index (χ0v) is 12.0. The number of anilines is 2. The average molecular weight is 277 g/mol. The van der Waals surface area contributed by atoms with Crippen molar-refractivity contribution in [3.63, 3.8) is 0 Å². The lowest BCUT2D eigenvalue weighted by Gasteiger charge is -2.23. The first-order valence-electron chi connectivity index (χ1n) is 7.17. The van der Waals surface area contributed by atoms with Gasteiger partial charge >= 0.3 is 0 Å². The van der Waals surface area contributed by atoms with Crippen LogP contribution in [0.2, 0.25) is 0 Å². The largest absolute Gasteiger partial charge is 0.397 e. The van der Waals surface area contributed by atoms with E-state index in [1.165, 1.54) is 0 Å². The number of para-hydroxylation sites is 2. The van der Waals surface area contributed by atoms with Crippen LogP contribution in [0.5, 0.6) is 0 Å². The van der Waals surface area contributed by atoms with Gasteiger partial charge in [-0.3, -0.25) is 9.69 Å². The van der Waals surface area contributed by atoms with Crippen LogP contribution in [0.3, 0.4) is 0 Å². The number of benzene rings is 1. The molecule has 0 bridgehead atoms. The summed E-state index contributed by atoms with van der Waals surface area (Å²) < 4.78 is 5.61. The van der Waals surface area contributed by atoms with Crippen molar-refractivity contribution in [1.82, 2.24) is 4.90 Å². The van der Waals surface area contributed by atoms with Gasteiger partial charge in [0.25, 0.3) is 0 Å². The molecule has 2 rings (SSSR count). The van der Waals surface area contributed by atoms with Crippen LogP contribution >= 0.6 is 0 Å². The maximum atomic E-state index is 12.1. The van der Waals surface area contributed by atoms with Gasteiger partial charge in [0.05, 0.1) is 24.0 Å². The molecule has 0 spiro atoms. The summed E-state index contributed by atoms with van der Waals surface area (Å²) in [6.07, 6.45) is 2.48. The second-order valence-corrected chi connectivity index (χ2v) is 5.10.